The van der Waals surface area contributed by atoms with Crippen LogP contribution in [0.4, 0.5) is 0 Å². The first kappa shape index (κ1) is 15.7. The molecule has 1 unspecified atom stereocenters. The molecule has 1 N–H and O–H groups in total. The van der Waals surface area contributed by atoms with Crippen LogP contribution in [0.1, 0.15) is 39.2 Å². The molecule has 0 spiro atoms. The summed E-state index contributed by atoms with van der Waals surface area (Å²) in [6, 6.07) is 10.4. The number of hydrogen-bond acceptors (Lipinski definition) is 3. The molecule has 0 fully saturated rings. The molecule has 0 radical (unpaired) electrons. The molecule has 0 saturated heterocycles. The van der Waals surface area contributed by atoms with Crippen LogP contribution >= 0.6 is 0 Å². The van der Waals surface area contributed by atoms with Gasteiger partial charge >= 0.3 is 5.97 Å². The molecule has 0 aliphatic carbocycles. The van der Waals surface area contributed by atoms with Crippen LogP contribution < -0.4 is 5.32 Å². The van der Waals surface area contributed by atoms with Crippen LogP contribution in [0.3, 0.4) is 0 Å². The van der Waals surface area contributed by atoms with Crippen molar-refractivity contribution in [1.29, 1.82) is 0 Å². The summed E-state index contributed by atoms with van der Waals surface area (Å²) in [5.74, 6) is -0.126. The van der Waals surface area contributed by atoms with Crippen LogP contribution in [0.2, 0.25) is 0 Å². The lowest BCUT2D eigenvalue weighted by molar-refractivity contribution is -0.144. The van der Waals surface area contributed by atoms with E-state index in [9.17, 15) is 4.79 Å². The standard InChI is InChI=1S/C16H25NO2/c1-4-17-16(3,13-15(18)19-5-2)12-11-14-9-7-6-8-10-14/h6-10,17H,4-5,11-13H2,1-3H3. The number of hydrogen-bond donors (Lipinski definition) is 1. The SMILES string of the molecule is CCNC(C)(CCc1ccccc1)CC(=O)OCC. The topological polar surface area (TPSA) is 38.3 Å². The lowest BCUT2D eigenvalue weighted by atomic mass is 9.90. The second-order valence-electron chi connectivity index (χ2n) is 5.06. The Kier molecular flexibility index (Phi) is 6.57. The van der Waals surface area contributed by atoms with E-state index in [1.54, 1.807) is 0 Å². The quantitative estimate of drug-likeness (QED) is 0.733. The monoisotopic (exact) mass is 263 g/mol. The van der Waals surface area contributed by atoms with Gasteiger partial charge in [-0.15, -0.1) is 0 Å². The minimum Gasteiger partial charge on any atom is -0.466 e. The lowest BCUT2D eigenvalue weighted by Gasteiger charge is -2.29. The zero-order valence-electron chi connectivity index (χ0n) is 12.2. The molecule has 0 aliphatic heterocycles. The minimum absolute atomic E-state index is 0.126. The first-order valence-electron chi connectivity index (χ1n) is 7.04. The fraction of sp³-hybridized carbons (Fsp3) is 0.562. The van der Waals surface area contributed by atoms with E-state index in [1.165, 1.54) is 5.56 Å². The van der Waals surface area contributed by atoms with Crippen molar-refractivity contribution in [2.45, 2.75) is 45.6 Å². The average Bonchev–Trinajstić information content (AvgIpc) is 2.38. The maximum Gasteiger partial charge on any atom is 0.307 e. The first-order valence-corrected chi connectivity index (χ1v) is 7.04. The molecule has 1 aromatic carbocycles. The van der Waals surface area contributed by atoms with Gasteiger partial charge in [-0.1, -0.05) is 37.3 Å². The van der Waals surface area contributed by atoms with Gasteiger partial charge in [0, 0.05) is 5.54 Å². The summed E-state index contributed by atoms with van der Waals surface area (Å²) in [5, 5.41) is 3.42. The van der Waals surface area contributed by atoms with Gasteiger partial charge in [-0.3, -0.25) is 4.79 Å². The number of carbonyl (C=O) groups excluding carboxylic acids is 1. The molecule has 19 heavy (non-hydrogen) atoms. The van der Waals surface area contributed by atoms with Crippen molar-refractivity contribution in [3.8, 4) is 0 Å². The number of esters is 1. The van der Waals surface area contributed by atoms with Crippen molar-refractivity contribution < 1.29 is 9.53 Å². The number of rotatable bonds is 8. The number of carbonyl (C=O) groups is 1. The predicted molar refractivity (Wildman–Crippen MR) is 78.1 cm³/mol. The van der Waals surface area contributed by atoms with Crippen LogP contribution in [-0.4, -0.2) is 24.7 Å². The van der Waals surface area contributed by atoms with E-state index in [2.05, 4.69) is 31.3 Å². The summed E-state index contributed by atoms with van der Waals surface area (Å²) in [6.45, 7) is 7.29. The van der Waals surface area contributed by atoms with Gasteiger partial charge in [0.25, 0.3) is 0 Å². The van der Waals surface area contributed by atoms with Gasteiger partial charge in [-0.25, -0.2) is 0 Å². The molecular formula is C16H25NO2. The van der Waals surface area contributed by atoms with E-state index < -0.39 is 0 Å². The Morgan fingerprint density at radius 2 is 1.95 bits per heavy atom. The Morgan fingerprint density at radius 3 is 2.53 bits per heavy atom. The second kappa shape index (κ2) is 7.95. The normalized spacial score (nSPS) is 13.8. The number of benzene rings is 1. The molecule has 1 atom stereocenters. The first-order chi connectivity index (χ1) is 9.09. The highest BCUT2D eigenvalue weighted by molar-refractivity contribution is 5.70. The summed E-state index contributed by atoms with van der Waals surface area (Å²) in [4.78, 5) is 11.7. The molecule has 0 amide bonds. The Balaban J connectivity index is 2.57. The van der Waals surface area contributed by atoms with E-state index >= 15 is 0 Å². The van der Waals surface area contributed by atoms with Crippen LogP contribution in [-0.2, 0) is 16.0 Å². The van der Waals surface area contributed by atoms with Crippen LogP contribution in [0.5, 0.6) is 0 Å². The largest absolute Gasteiger partial charge is 0.466 e. The van der Waals surface area contributed by atoms with Crippen LogP contribution in [0.15, 0.2) is 30.3 Å². The Bertz CT molecular complexity index is 378. The molecule has 0 aliphatic rings. The van der Waals surface area contributed by atoms with Crippen molar-refractivity contribution in [2.75, 3.05) is 13.2 Å². The fourth-order valence-corrected chi connectivity index (χ4v) is 2.26. The van der Waals surface area contributed by atoms with Gasteiger partial charge < -0.3 is 10.1 Å². The molecular weight excluding hydrogens is 238 g/mol. The molecule has 106 valence electrons. The fourth-order valence-electron chi connectivity index (χ4n) is 2.26. The Morgan fingerprint density at radius 1 is 1.26 bits per heavy atom. The summed E-state index contributed by atoms with van der Waals surface area (Å²) in [6.07, 6.45) is 2.30. The third kappa shape index (κ3) is 5.88. The highest BCUT2D eigenvalue weighted by Crippen LogP contribution is 2.19. The van der Waals surface area contributed by atoms with Gasteiger partial charge in [-0.2, -0.15) is 0 Å². The maximum absolute atomic E-state index is 11.7. The second-order valence-corrected chi connectivity index (χ2v) is 5.06. The van der Waals surface area contributed by atoms with Gasteiger partial charge in [0.2, 0.25) is 0 Å². The lowest BCUT2D eigenvalue weighted by Crippen LogP contribution is -2.44. The highest BCUT2D eigenvalue weighted by Gasteiger charge is 2.26. The number of ether oxygens (including phenoxy) is 1. The van der Waals surface area contributed by atoms with E-state index in [1.807, 2.05) is 25.1 Å². The van der Waals surface area contributed by atoms with E-state index in [-0.39, 0.29) is 11.5 Å². The van der Waals surface area contributed by atoms with E-state index in [0.29, 0.717) is 13.0 Å². The molecule has 0 saturated carbocycles. The van der Waals surface area contributed by atoms with Crippen molar-refractivity contribution in [3.63, 3.8) is 0 Å². The molecule has 3 nitrogen and oxygen atoms in total. The zero-order chi connectivity index (χ0) is 14.1. The molecule has 0 bridgehead atoms. The maximum atomic E-state index is 11.7. The van der Waals surface area contributed by atoms with Gasteiger partial charge in [-0.05, 0) is 38.8 Å². The molecule has 3 heteroatoms. The van der Waals surface area contributed by atoms with E-state index in [0.717, 1.165) is 19.4 Å². The predicted octanol–water partition coefficient (Wildman–Crippen LogP) is 2.94. The minimum atomic E-state index is -0.198. The van der Waals surface area contributed by atoms with Crippen LogP contribution in [0, 0.1) is 0 Å². The van der Waals surface area contributed by atoms with Crippen molar-refractivity contribution in [1.82, 2.24) is 5.32 Å². The highest BCUT2D eigenvalue weighted by atomic mass is 16.5. The van der Waals surface area contributed by atoms with Crippen LogP contribution in [0.25, 0.3) is 0 Å². The van der Waals surface area contributed by atoms with Gasteiger partial charge in [0.05, 0.1) is 13.0 Å². The van der Waals surface area contributed by atoms with E-state index in [4.69, 9.17) is 4.74 Å². The number of nitrogens with one attached hydrogen (secondary N) is 1. The summed E-state index contributed by atoms with van der Waals surface area (Å²) in [5.41, 5.74) is 1.10. The molecule has 1 rings (SSSR count). The Hall–Kier alpha value is -1.35. The molecule has 0 heterocycles. The number of aryl methyl sites for hydroxylation is 1. The van der Waals surface area contributed by atoms with Crippen molar-refractivity contribution in [3.05, 3.63) is 35.9 Å². The average molecular weight is 263 g/mol. The summed E-state index contributed by atoms with van der Waals surface area (Å²) >= 11 is 0. The molecule has 0 aromatic heterocycles. The zero-order valence-corrected chi connectivity index (χ0v) is 12.2. The van der Waals surface area contributed by atoms with Gasteiger partial charge in [0.1, 0.15) is 0 Å². The van der Waals surface area contributed by atoms with Gasteiger partial charge in [0.15, 0.2) is 0 Å². The smallest absolute Gasteiger partial charge is 0.307 e. The Labute approximate surface area is 116 Å². The van der Waals surface area contributed by atoms with Crippen molar-refractivity contribution in [2.24, 2.45) is 0 Å². The third-order valence-electron chi connectivity index (χ3n) is 3.25. The van der Waals surface area contributed by atoms with Crippen molar-refractivity contribution >= 4 is 5.97 Å². The summed E-state index contributed by atoms with van der Waals surface area (Å²) in [7, 11) is 0. The molecule has 1 aromatic rings. The third-order valence-corrected chi connectivity index (χ3v) is 3.25. The summed E-state index contributed by atoms with van der Waals surface area (Å²) < 4.78 is 5.06.